The smallest absolute Gasteiger partial charge is 0.248 e. The van der Waals surface area contributed by atoms with Gasteiger partial charge in [-0.2, -0.15) is 10.5 Å². The summed E-state index contributed by atoms with van der Waals surface area (Å²) in [7, 11) is 0. The second-order valence-corrected chi connectivity index (χ2v) is 6.07. The van der Waals surface area contributed by atoms with Gasteiger partial charge >= 0.3 is 0 Å². The van der Waals surface area contributed by atoms with Crippen LogP contribution in [-0.2, 0) is 4.79 Å². The number of carbonyl (C=O) groups excluding carboxylic acids is 1. The maximum Gasteiger partial charge on any atom is 0.248 e. The Morgan fingerprint density at radius 1 is 1.24 bits per heavy atom. The molecule has 5 nitrogen and oxygen atoms in total. The molecule has 2 aliphatic heterocycles. The fourth-order valence-corrected chi connectivity index (χ4v) is 3.64. The van der Waals surface area contributed by atoms with Crippen molar-refractivity contribution < 1.29 is 4.79 Å². The van der Waals surface area contributed by atoms with Crippen molar-refractivity contribution in [1.29, 1.82) is 10.5 Å². The molecule has 0 aromatic carbocycles. The topological polar surface area (TPSA) is 88.7 Å². The molecule has 0 unspecified atom stereocenters. The number of amides is 1. The third-order valence-corrected chi connectivity index (χ3v) is 4.93. The Kier molecular flexibility index (Phi) is 2.25. The zero-order chi connectivity index (χ0) is 13.1. The minimum Gasteiger partial charge on any atom is -0.357 e. The van der Waals surface area contributed by atoms with E-state index >= 15 is 0 Å². The third kappa shape index (κ3) is 1.05. The van der Waals surface area contributed by atoms with Gasteiger partial charge in [-0.05, 0) is 29.5 Å². The zero-order valence-electron chi connectivity index (χ0n) is 9.68. The van der Waals surface area contributed by atoms with Gasteiger partial charge in [-0.15, -0.1) is 0 Å². The molecule has 1 fully saturated rings. The van der Waals surface area contributed by atoms with E-state index in [9.17, 15) is 15.3 Å². The van der Waals surface area contributed by atoms with Crippen molar-refractivity contribution in [3.05, 3.63) is 9.28 Å². The first kappa shape index (κ1) is 12.2. The molecule has 2 heterocycles. The lowest BCUT2D eigenvalue weighted by Crippen LogP contribution is -2.62. The number of carbonyl (C=O) groups is 1. The van der Waals surface area contributed by atoms with Crippen LogP contribution in [0.15, 0.2) is 9.28 Å². The van der Waals surface area contributed by atoms with Crippen molar-refractivity contribution in [3.63, 3.8) is 0 Å². The van der Waals surface area contributed by atoms with Gasteiger partial charge in [0.25, 0.3) is 0 Å². The number of halogens is 1. The van der Waals surface area contributed by atoms with E-state index in [1.807, 2.05) is 49.4 Å². The van der Waals surface area contributed by atoms with Gasteiger partial charge in [-0.1, -0.05) is 13.8 Å². The highest BCUT2D eigenvalue weighted by Crippen LogP contribution is 2.58. The average Bonchev–Trinajstić information content (AvgIpc) is 2.31. The number of fused-ring (bicyclic) bond motifs is 2. The number of hydrogen-bond acceptors (Lipinski definition) is 4. The summed E-state index contributed by atoms with van der Waals surface area (Å²) in [4.78, 5) is 12.2. The van der Waals surface area contributed by atoms with E-state index in [-0.39, 0.29) is 5.57 Å². The summed E-state index contributed by atoms with van der Waals surface area (Å²) < 4.78 is 0.562. The quantitative estimate of drug-likeness (QED) is 0.510. The van der Waals surface area contributed by atoms with Crippen molar-refractivity contribution >= 4 is 28.5 Å². The second-order valence-electron chi connectivity index (χ2n) is 4.99. The lowest BCUT2D eigenvalue weighted by atomic mass is 9.58. The summed E-state index contributed by atoms with van der Waals surface area (Å²) in [6.45, 7) is 5.47. The zero-order valence-corrected chi connectivity index (χ0v) is 11.8. The Balaban J connectivity index is 2.87. The molecule has 2 bridgehead atoms. The number of nitrogens with zero attached hydrogens (tertiary/aromatic N) is 2. The summed E-state index contributed by atoms with van der Waals surface area (Å²) in [6.07, 6.45) is 0. The van der Waals surface area contributed by atoms with Crippen LogP contribution in [0.25, 0.3) is 0 Å². The van der Waals surface area contributed by atoms with Gasteiger partial charge in [-0.25, -0.2) is 0 Å². The van der Waals surface area contributed by atoms with Crippen LogP contribution in [0.4, 0.5) is 0 Å². The van der Waals surface area contributed by atoms with Gasteiger partial charge in [0.1, 0.15) is 5.66 Å². The summed E-state index contributed by atoms with van der Waals surface area (Å²) in [6, 6.07) is 4.07. The molecule has 88 valence electrons. The van der Waals surface area contributed by atoms with E-state index < -0.39 is 22.4 Å². The van der Waals surface area contributed by atoms with Crippen molar-refractivity contribution in [2.45, 2.75) is 26.4 Å². The van der Waals surface area contributed by atoms with E-state index in [2.05, 4.69) is 16.7 Å². The van der Waals surface area contributed by atoms with Crippen LogP contribution >= 0.6 is 22.6 Å². The first-order valence-corrected chi connectivity index (χ1v) is 6.17. The fraction of sp³-hybridized carbons (Fsp3) is 0.545. The largest absolute Gasteiger partial charge is 0.357 e. The highest BCUT2D eigenvalue weighted by atomic mass is 127. The highest BCUT2D eigenvalue weighted by Gasteiger charge is 2.71. The van der Waals surface area contributed by atoms with Crippen LogP contribution in [0.3, 0.4) is 0 Å². The van der Waals surface area contributed by atoms with Crippen LogP contribution in [-0.4, -0.2) is 11.6 Å². The number of nitrogens with one attached hydrogen (secondary N) is 2. The molecule has 0 spiro atoms. The molecule has 2 aliphatic rings. The summed E-state index contributed by atoms with van der Waals surface area (Å²) in [5.41, 5.74) is -2.61. The summed E-state index contributed by atoms with van der Waals surface area (Å²) in [5, 5.41) is 24.6. The lowest BCUT2D eigenvalue weighted by molar-refractivity contribution is -0.125. The lowest BCUT2D eigenvalue weighted by Gasteiger charge is -2.47. The monoisotopic (exact) mass is 342 g/mol. The highest BCUT2D eigenvalue weighted by molar-refractivity contribution is 14.1. The fourth-order valence-electron chi connectivity index (χ4n) is 2.58. The molecular weight excluding hydrogens is 331 g/mol. The van der Waals surface area contributed by atoms with Gasteiger partial charge in [0, 0.05) is 5.41 Å². The van der Waals surface area contributed by atoms with E-state index in [0.717, 1.165) is 0 Å². The van der Waals surface area contributed by atoms with Crippen LogP contribution in [0.1, 0.15) is 20.8 Å². The van der Waals surface area contributed by atoms with Crippen LogP contribution in [0.2, 0.25) is 0 Å². The molecule has 1 amide bonds. The van der Waals surface area contributed by atoms with E-state index in [1.165, 1.54) is 0 Å². The van der Waals surface area contributed by atoms with Crippen LogP contribution in [0.5, 0.6) is 0 Å². The molecule has 1 saturated heterocycles. The number of hydrogen-bond donors (Lipinski definition) is 2. The van der Waals surface area contributed by atoms with E-state index in [0.29, 0.717) is 3.70 Å². The van der Waals surface area contributed by atoms with Gasteiger partial charge < -0.3 is 10.6 Å². The van der Waals surface area contributed by atoms with Gasteiger partial charge in [0.15, 0.2) is 5.41 Å². The predicted octanol–water partition coefficient (Wildman–Crippen LogP) is 1.14. The second kappa shape index (κ2) is 3.14. The standard InChI is InChI=1S/C11H11IN4O/c1-9(2)10(3)15-7(12)6(4-13)11(9,5-14)8(17)16-10/h15H,1-3H3,(H,16,17)/t10-,11-/m0/s1. The van der Waals surface area contributed by atoms with Crippen molar-refractivity contribution in [1.82, 2.24) is 10.6 Å². The molecular formula is C11H11IN4O. The summed E-state index contributed by atoms with van der Waals surface area (Å²) in [5.74, 6) is -0.400. The predicted molar refractivity (Wildman–Crippen MR) is 68.2 cm³/mol. The van der Waals surface area contributed by atoms with Crippen molar-refractivity contribution in [2.24, 2.45) is 10.8 Å². The van der Waals surface area contributed by atoms with Crippen LogP contribution in [0, 0.1) is 33.5 Å². The average molecular weight is 342 g/mol. The van der Waals surface area contributed by atoms with Crippen molar-refractivity contribution in [3.8, 4) is 12.1 Å². The Morgan fingerprint density at radius 2 is 1.82 bits per heavy atom. The Hall–Kier alpha value is -1.28. The van der Waals surface area contributed by atoms with Gasteiger partial charge in [0.2, 0.25) is 5.91 Å². The number of rotatable bonds is 0. The first-order valence-electron chi connectivity index (χ1n) is 5.09. The first-order chi connectivity index (χ1) is 7.77. The van der Waals surface area contributed by atoms with Gasteiger partial charge in [-0.3, -0.25) is 4.79 Å². The molecule has 0 radical (unpaired) electrons. The Morgan fingerprint density at radius 3 is 2.29 bits per heavy atom. The van der Waals surface area contributed by atoms with Crippen LogP contribution < -0.4 is 10.6 Å². The SMILES string of the molecule is CC1(C)[C@]2(C)NC(=O)[C@]1(C#N)C(C#N)=C(I)N2. The molecule has 6 heteroatoms. The molecule has 17 heavy (non-hydrogen) atoms. The molecule has 2 rings (SSSR count). The van der Waals surface area contributed by atoms with E-state index in [4.69, 9.17) is 0 Å². The Labute approximate surface area is 113 Å². The molecule has 2 atom stereocenters. The number of nitriles is 2. The van der Waals surface area contributed by atoms with Gasteiger partial charge in [0.05, 0.1) is 21.4 Å². The summed E-state index contributed by atoms with van der Waals surface area (Å²) >= 11 is 1.96. The molecule has 0 saturated carbocycles. The maximum atomic E-state index is 12.2. The molecule has 0 aromatic rings. The van der Waals surface area contributed by atoms with Crippen molar-refractivity contribution in [2.75, 3.05) is 0 Å². The molecule has 2 N–H and O–H groups in total. The minimum atomic E-state index is -1.40. The minimum absolute atomic E-state index is 0.207. The third-order valence-electron chi connectivity index (χ3n) is 4.13. The maximum absolute atomic E-state index is 12.2. The molecule has 0 aliphatic carbocycles. The molecule has 0 aromatic heterocycles. The van der Waals surface area contributed by atoms with E-state index in [1.54, 1.807) is 0 Å². The Bertz CT molecular complexity index is 539. The normalized spacial score (nSPS) is 37.9.